The number of ether oxygens (including phenoxy) is 1. The molecule has 3 nitrogen and oxygen atoms in total. The monoisotopic (exact) mass is 280 g/mol. The van der Waals surface area contributed by atoms with Gasteiger partial charge in [0.25, 0.3) is 0 Å². The molecule has 0 aliphatic heterocycles. The van der Waals surface area contributed by atoms with E-state index in [1.54, 1.807) is 24.3 Å². The third kappa shape index (κ3) is 3.70. The average Bonchev–Trinajstić information content (AvgIpc) is 2.37. The molecule has 0 aliphatic carbocycles. The van der Waals surface area contributed by atoms with Crippen LogP contribution < -0.4 is 10.2 Å². The Balaban J connectivity index is 2.15. The van der Waals surface area contributed by atoms with Gasteiger partial charge >= 0.3 is 7.12 Å². The van der Waals surface area contributed by atoms with E-state index in [-0.39, 0.29) is 12.1 Å². The van der Waals surface area contributed by atoms with Gasteiger partial charge in [-0.25, -0.2) is 4.39 Å². The second-order valence-electron chi connectivity index (χ2n) is 3.96. The normalized spacial score (nSPS) is 10.3. The Bertz CT molecular complexity index is 578. The standard InChI is InChI=1S/C13H11BClFO3/c15-10-2-1-3-12(6-10)19-8-9-4-5-11(16)7-13(9)14(17)18/h1-7,17-18H,8H2. The molecule has 0 atom stereocenters. The van der Waals surface area contributed by atoms with Crippen molar-refractivity contribution in [3.05, 3.63) is 58.9 Å². The van der Waals surface area contributed by atoms with E-state index in [4.69, 9.17) is 16.3 Å². The molecule has 2 aromatic rings. The maximum Gasteiger partial charge on any atom is 0.488 e. The molecule has 0 aromatic heterocycles. The van der Waals surface area contributed by atoms with Gasteiger partial charge < -0.3 is 14.8 Å². The quantitative estimate of drug-likeness (QED) is 0.839. The second-order valence-corrected chi connectivity index (χ2v) is 4.40. The third-order valence-electron chi connectivity index (χ3n) is 2.58. The minimum absolute atomic E-state index is 0.0852. The van der Waals surface area contributed by atoms with E-state index in [1.165, 1.54) is 12.1 Å². The van der Waals surface area contributed by atoms with Crippen LogP contribution in [0.3, 0.4) is 0 Å². The predicted molar refractivity (Wildman–Crippen MR) is 72.0 cm³/mol. The van der Waals surface area contributed by atoms with Crippen LogP contribution in [0.2, 0.25) is 5.02 Å². The highest BCUT2D eigenvalue weighted by molar-refractivity contribution is 6.59. The van der Waals surface area contributed by atoms with Gasteiger partial charge in [0.2, 0.25) is 0 Å². The average molecular weight is 280 g/mol. The van der Waals surface area contributed by atoms with Gasteiger partial charge in [0.15, 0.2) is 0 Å². The maximum absolute atomic E-state index is 13.0. The first-order valence-corrected chi connectivity index (χ1v) is 5.97. The number of rotatable bonds is 4. The Morgan fingerprint density at radius 2 is 1.95 bits per heavy atom. The lowest BCUT2D eigenvalue weighted by Gasteiger charge is -2.11. The molecule has 2 aromatic carbocycles. The van der Waals surface area contributed by atoms with E-state index in [0.29, 0.717) is 16.3 Å². The molecule has 0 radical (unpaired) electrons. The third-order valence-corrected chi connectivity index (χ3v) is 2.81. The zero-order valence-electron chi connectivity index (χ0n) is 9.88. The molecular weight excluding hydrogens is 269 g/mol. The maximum atomic E-state index is 13.0. The smallest absolute Gasteiger partial charge is 0.488 e. The minimum Gasteiger partial charge on any atom is -0.489 e. The van der Waals surface area contributed by atoms with Crippen LogP contribution in [-0.4, -0.2) is 17.2 Å². The van der Waals surface area contributed by atoms with Gasteiger partial charge in [0.1, 0.15) is 18.2 Å². The van der Waals surface area contributed by atoms with Crippen molar-refractivity contribution < 1.29 is 19.2 Å². The van der Waals surface area contributed by atoms with Crippen molar-refractivity contribution in [3.63, 3.8) is 0 Å². The van der Waals surface area contributed by atoms with Crippen molar-refractivity contribution in [1.29, 1.82) is 0 Å². The zero-order chi connectivity index (χ0) is 13.8. The summed E-state index contributed by atoms with van der Waals surface area (Å²) in [5, 5.41) is 18.9. The fourth-order valence-corrected chi connectivity index (χ4v) is 1.84. The van der Waals surface area contributed by atoms with Crippen LogP contribution in [0.1, 0.15) is 5.56 Å². The van der Waals surface area contributed by atoms with Gasteiger partial charge in [-0.05, 0) is 41.4 Å². The molecule has 2 N–H and O–H groups in total. The van der Waals surface area contributed by atoms with Crippen molar-refractivity contribution in [2.24, 2.45) is 0 Å². The van der Waals surface area contributed by atoms with Crippen molar-refractivity contribution in [2.75, 3.05) is 0 Å². The second kappa shape index (κ2) is 6.06. The van der Waals surface area contributed by atoms with Crippen molar-refractivity contribution >= 4 is 24.2 Å². The number of benzene rings is 2. The molecule has 0 heterocycles. The summed E-state index contributed by atoms with van der Waals surface area (Å²) < 4.78 is 18.5. The zero-order valence-corrected chi connectivity index (χ0v) is 10.6. The summed E-state index contributed by atoms with van der Waals surface area (Å²) in [5.74, 6) is 0.0183. The predicted octanol–water partition coefficient (Wildman–Crippen LogP) is 1.74. The molecule has 0 spiro atoms. The lowest BCUT2D eigenvalue weighted by Crippen LogP contribution is -2.34. The van der Waals surface area contributed by atoms with Gasteiger partial charge in [-0.2, -0.15) is 0 Å². The first-order chi connectivity index (χ1) is 9.06. The number of halogens is 2. The van der Waals surface area contributed by atoms with Crippen LogP contribution in [0.4, 0.5) is 4.39 Å². The molecule has 0 bridgehead atoms. The van der Waals surface area contributed by atoms with Crippen LogP contribution >= 0.6 is 11.6 Å². The van der Waals surface area contributed by atoms with Gasteiger partial charge in [-0.3, -0.25) is 0 Å². The van der Waals surface area contributed by atoms with Crippen LogP contribution in [0.25, 0.3) is 0 Å². The fraction of sp³-hybridized carbons (Fsp3) is 0.0769. The summed E-state index contributed by atoms with van der Waals surface area (Å²) in [4.78, 5) is 0. The summed E-state index contributed by atoms with van der Waals surface area (Å²) in [5.41, 5.74) is 0.582. The highest BCUT2D eigenvalue weighted by Crippen LogP contribution is 2.18. The molecule has 0 saturated carbocycles. The molecule has 0 saturated heterocycles. The van der Waals surface area contributed by atoms with E-state index in [9.17, 15) is 14.4 Å². The first-order valence-electron chi connectivity index (χ1n) is 5.59. The van der Waals surface area contributed by atoms with E-state index in [0.717, 1.165) is 6.07 Å². The highest BCUT2D eigenvalue weighted by Gasteiger charge is 2.17. The topological polar surface area (TPSA) is 49.7 Å². The molecule has 6 heteroatoms. The Labute approximate surface area is 115 Å². The molecule has 0 fully saturated rings. The molecule has 98 valence electrons. The fourth-order valence-electron chi connectivity index (χ4n) is 1.66. The summed E-state index contributed by atoms with van der Waals surface area (Å²) in [6.07, 6.45) is 0. The molecule has 0 aliphatic rings. The van der Waals surface area contributed by atoms with Crippen LogP contribution in [0.15, 0.2) is 42.5 Å². The van der Waals surface area contributed by atoms with Gasteiger partial charge in [0.05, 0.1) is 0 Å². The summed E-state index contributed by atoms with van der Waals surface area (Å²) >= 11 is 5.82. The Morgan fingerprint density at radius 1 is 1.16 bits per heavy atom. The number of hydrogen-bond acceptors (Lipinski definition) is 3. The molecule has 2 rings (SSSR count). The van der Waals surface area contributed by atoms with Crippen LogP contribution in [0.5, 0.6) is 5.75 Å². The van der Waals surface area contributed by atoms with E-state index in [1.807, 2.05) is 0 Å². The molecule has 19 heavy (non-hydrogen) atoms. The van der Waals surface area contributed by atoms with Crippen molar-refractivity contribution in [1.82, 2.24) is 0 Å². The van der Waals surface area contributed by atoms with Gasteiger partial charge in [0, 0.05) is 5.02 Å². The SMILES string of the molecule is OB(O)c1cc(F)ccc1COc1cccc(Cl)c1. The van der Waals surface area contributed by atoms with E-state index >= 15 is 0 Å². The van der Waals surface area contributed by atoms with Gasteiger partial charge in [-0.15, -0.1) is 0 Å². The molecular formula is C13H11BClFO3. The first kappa shape index (κ1) is 13.9. The highest BCUT2D eigenvalue weighted by atomic mass is 35.5. The van der Waals surface area contributed by atoms with E-state index < -0.39 is 12.9 Å². The molecule has 0 unspecified atom stereocenters. The lowest BCUT2D eigenvalue weighted by molar-refractivity contribution is 0.306. The lowest BCUT2D eigenvalue weighted by atomic mass is 9.77. The van der Waals surface area contributed by atoms with Crippen molar-refractivity contribution in [2.45, 2.75) is 6.61 Å². The van der Waals surface area contributed by atoms with Gasteiger partial charge in [-0.1, -0.05) is 23.7 Å². The van der Waals surface area contributed by atoms with Crippen LogP contribution in [0, 0.1) is 5.82 Å². The summed E-state index contributed by atoms with van der Waals surface area (Å²) in [6, 6.07) is 10.6. The molecule has 0 amide bonds. The van der Waals surface area contributed by atoms with E-state index in [2.05, 4.69) is 0 Å². The Hall–Kier alpha value is -1.56. The largest absolute Gasteiger partial charge is 0.489 e. The number of hydrogen-bond donors (Lipinski definition) is 2. The summed E-state index contributed by atoms with van der Waals surface area (Å²) in [7, 11) is -1.74. The van der Waals surface area contributed by atoms with Crippen LogP contribution in [-0.2, 0) is 6.61 Å². The Morgan fingerprint density at radius 3 is 2.63 bits per heavy atom. The summed E-state index contributed by atoms with van der Waals surface area (Å²) in [6.45, 7) is 0.0908. The Kier molecular flexibility index (Phi) is 4.42. The van der Waals surface area contributed by atoms with Crippen molar-refractivity contribution in [3.8, 4) is 5.75 Å². The minimum atomic E-state index is -1.74.